The number of ether oxygens (including phenoxy) is 1. The van der Waals surface area contributed by atoms with Crippen LogP contribution in [0.4, 0.5) is 0 Å². The van der Waals surface area contributed by atoms with Gasteiger partial charge in [-0.3, -0.25) is 9.59 Å². The normalized spacial score (nSPS) is 16.3. The van der Waals surface area contributed by atoms with Crippen molar-refractivity contribution in [3.05, 3.63) is 65.7 Å². The van der Waals surface area contributed by atoms with E-state index in [0.717, 1.165) is 29.7 Å². The highest BCUT2D eigenvalue weighted by atomic mass is 16.5. The number of likely N-dealkylation sites (tertiary alicyclic amines) is 1. The largest absolute Gasteiger partial charge is 0.489 e. The summed E-state index contributed by atoms with van der Waals surface area (Å²) in [7, 11) is 0. The zero-order valence-electron chi connectivity index (χ0n) is 15.0. The first-order valence-electron chi connectivity index (χ1n) is 8.94. The topological polar surface area (TPSA) is 58.6 Å². The zero-order valence-corrected chi connectivity index (χ0v) is 15.0. The summed E-state index contributed by atoms with van der Waals surface area (Å²) in [6.45, 7) is 3.10. The molecule has 1 unspecified atom stereocenters. The van der Waals surface area contributed by atoms with Crippen LogP contribution in [0.15, 0.2) is 54.6 Å². The third-order valence-electron chi connectivity index (χ3n) is 4.57. The number of rotatable bonds is 6. The Hall–Kier alpha value is -2.82. The molecule has 1 saturated heterocycles. The van der Waals surface area contributed by atoms with Gasteiger partial charge in [0, 0.05) is 20.0 Å². The molecule has 1 aliphatic rings. The molecule has 26 heavy (non-hydrogen) atoms. The maximum absolute atomic E-state index is 12.4. The molecule has 2 amide bonds. The first kappa shape index (κ1) is 18.0. The Kier molecular flexibility index (Phi) is 5.89. The lowest BCUT2D eigenvalue weighted by atomic mass is 10.1. The number of amides is 2. The summed E-state index contributed by atoms with van der Waals surface area (Å²) in [5.41, 5.74) is 2.08. The SMILES string of the molecule is CC(=O)N1CCCC1C(=O)NCc1cccc(OCc2ccccc2)c1. The second kappa shape index (κ2) is 8.52. The molecule has 0 spiro atoms. The number of hydrogen-bond acceptors (Lipinski definition) is 3. The standard InChI is InChI=1S/C21H24N2O3/c1-16(24)23-12-6-11-20(23)21(25)22-14-18-9-5-10-19(13-18)26-15-17-7-3-2-4-8-17/h2-5,7-10,13,20H,6,11-12,14-15H2,1H3,(H,22,25). The molecule has 1 fully saturated rings. The molecule has 1 atom stereocenters. The van der Waals surface area contributed by atoms with Gasteiger partial charge >= 0.3 is 0 Å². The summed E-state index contributed by atoms with van der Waals surface area (Å²) in [5.74, 6) is 0.638. The van der Waals surface area contributed by atoms with Crippen molar-refractivity contribution >= 4 is 11.8 Å². The summed E-state index contributed by atoms with van der Waals surface area (Å²) in [6, 6.07) is 17.3. The first-order chi connectivity index (χ1) is 12.6. The van der Waals surface area contributed by atoms with Gasteiger partial charge in [0.25, 0.3) is 0 Å². The van der Waals surface area contributed by atoms with Crippen LogP contribution in [0.5, 0.6) is 5.75 Å². The van der Waals surface area contributed by atoms with Crippen LogP contribution in [0.3, 0.4) is 0 Å². The first-order valence-corrected chi connectivity index (χ1v) is 8.94. The average molecular weight is 352 g/mol. The smallest absolute Gasteiger partial charge is 0.243 e. The van der Waals surface area contributed by atoms with Gasteiger partial charge in [-0.25, -0.2) is 0 Å². The Morgan fingerprint density at radius 3 is 2.65 bits per heavy atom. The summed E-state index contributed by atoms with van der Waals surface area (Å²) in [5, 5.41) is 2.94. The minimum atomic E-state index is -0.343. The minimum Gasteiger partial charge on any atom is -0.489 e. The molecule has 136 valence electrons. The van der Waals surface area contributed by atoms with Gasteiger partial charge in [0.2, 0.25) is 11.8 Å². The van der Waals surface area contributed by atoms with Gasteiger partial charge in [-0.15, -0.1) is 0 Å². The summed E-state index contributed by atoms with van der Waals surface area (Å²) < 4.78 is 5.82. The molecule has 1 N–H and O–H groups in total. The number of nitrogens with one attached hydrogen (secondary N) is 1. The summed E-state index contributed by atoms with van der Waals surface area (Å²) in [4.78, 5) is 25.6. The molecule has 2 aromatic carbocycles. The van der Waals surface area contributed by atoms with Gasteiger partial charge in [0.05, 0.1) is 0 Å². The van der Waals surface area contributed by atoms with E-state index < -0.39 is 0 Å². The van der Waals surface area contributed by atoms with E-state index in [-0.39, 0.29) is 17.9 Å². The molecule has 5 heteroatoms. The summed E-state index contributed by atoms with van der Waals surface area (Å²) in [6.07, 6.45) is 1.60. The molecule has 2 aromatic rings. The fraction of sp³-hybridized carbons (Fsp3) is 0.333. The highest BCUT2D eigenvalue weighted by Crippen LogP contribution is 2.18. The molecular formula is C21H24N2O3. The van der Waals surface area contributed by atoms with Crippen LogP contribution in [0.2, 0.25) is 0 Å². The van der Waals surface area contributed by atoms with Gasteiger partial charge in [-0.2, -0.15) is 0 Å². The van der Waals surface area contributed by atoms with Crippen molar-refractivity contribution in [1.82, 2.24) is 10.2 Å². The predicted molar refractivity (Wildman–Crippen MR) is 99.5 cm³/mol. The van der Waals surface area contributed by atoms with E-state index in [1.165, 1.54) is 6.92 Å². The molecule has 0 aromatic heterocycles. The van der Waals surface area contributed by atoms with E-state index in [2.05, 4.69) is 5.32 Å². The maximum atomic E-state index is 12.4. The molecule has 1 aliphatic heterocycles. The number of carbonyl (C=O) groups excluding carboxylic acids is 2. The van der Waals surface area contributed by atoms with Crippen molar-refractivity contribution < 1.29 is 14.3 Å². The Morgan fingerprint density at radius 2 is 1.88 bits per heavy atom. The van der Waals surface area contributed by atoms with E-state index >= 15 is 0 Å². The molecule has 0 saturated carbocycles. The lowest BCUT2D eigenvalue weighted by Gasteiger charge is -2.22. The third kappa shape index (κ3) is 4.63. The molecular weight excluding hydrogens is 328 g/mol. The van der Waals surface area contributed by atoms with Crippen molar-refractivity contribution in [2.75, 3.05) is 6.54 Å². The fourth-order valence-corrected chi connectivity index (χ4v) is 3.21. The van der Waals surface area contributed by atoms with Gasteiger partial charge in [0.15, 0.2) is 0 Å². The van der Waals surface area contributed by atoms with Crippen LogP contribution in [0.25, 0.3) is 0 Å². The number of nitrogens with zero attached hydrogens (tertiary/aromatic N) is 1. The summed E-state index contributed by atoms with van der Waals surface area (Å²) >= 11 is 0. The van der Waals surface area contributed by atoms with E-state index in [9.17, 15) is 9.59 Å². The molecule has 3 rings (SSSR count). The van der Waals surface area contributed by atoms with Gasteiger partial charge < -0.3 is 15.0 Å². The second-order valence-electron chi connectivity index (χ2n) is 6.51. The molecule has 0 radical (unpaired) electrons. The van der Waals surface area contributed by atoms with E-state index in [1.54, 1.807) is 4.90 Å². The van der Waals surface area contributed by atoms with Crippen LogP contribution >= 0.6 is 0 Å². The maximum Gasteiger partial charge on any atom is 0.243 e. The Labute approximate surface area is 154 Å². The van der Waals surface area contributed by atoms with Crippen molar-refractivity contribution in [3.8, 4) is 5.75 Å². The van der Waals surface area contributed by atoms with Crippen LogP contribution in [0, 0.1) is 0 Å². The van der Waals surface area contributed by atoms with Crippen LogP contribution in [-0.4, -0.2) is 29.3 Å². The average Bonchev–Trinajstić information content (AvgIpc) is 3.16. The lowest BCUT2D eigenvalue weighted by molar-refractivity contribution is -0.136. The van der Waals surface area contributed by atoms with Crippen LogP contribution in [-0.2, 0) is 22.7 Å². The van der Waals surface area contributed by atoms with E-state index in [4.69, 9.17) is 4.74 Å². The Bertz CT molecular complexity index is 761. The number of carbonyl (C=O) groups is 2. The van der Waals surface area contributed by atoms with Gasteiger partial charge in [-0.1, -0.05) is 42.5 Å². The number of hydrogen-bond donors (Lipinski definition) is 1. The minimum absolute atomic E-state index is 0.0426. The van der Waals surface area contributed by atoms with Crippen molar-refractivity contribution in [1.29, 1.82) is 0 Å². The monoisotopic (exact) mass is 352 g/mol. The van der Waals surface area contributed by atoms with Gasteiger partial charge in [0.1, 0.15) is 18.4 Å². The molecule has 0 bridgehead atoms. The quantitative estimate of drug-likeness (QED) is 0.870. The van der Waals surface area contributed by atoms with E-state index in [0.29, 0.717) is 19.7 Å². The van der Waals surface area contributed by atoms with Crippen LogP contribution < -0.4 is 10.1 Å². The molecule has 5 nitrogen and oxygen atoms in total. The third-order valence-corrected chi connectivity index (χ3v) is 4.57. The fourth-order valence-electron chi connectivity index (χ4n) is 3.21. The van der Waals surface area contributed by atoms with Crippen molar-refractivity contribution in [2.24, 2.45) is 0 Å². The zero-order chi connectivity index (χ0) is 18.4. The Morgan fingerprint density at radius 1 is 1.12 bits per heavy atom. The van der Waals surface area contributed by atoms with E-state index in [1.807, 2.05) is 54.6 Å². The Balaban J connectivity index is 1.53. The lowest BCUT2D eigenvalue weighted by Crippen LogP contribution is -2.44. The van der Waals surface area contributed by atoms with Gasteiger partial charge in [-0.05, 0) is 36.1 Å². The second-order valence-corrected chi connectivity index (χ2v) is 6.51. The number of benzene rings is 2. The highest BCUT2D eigenvalue weighted by molar-refractivity contribution is 5.87. The molecule has 0 aliphatic carbocycles. The predicted octanol–water partition coefficient (Wildman–Crippen LogP) is 2.89. The van der Waals surface area contributed by atoms with Crippen LogP contribution in [0.1, 0.15) is 30.9 Å². The highest BCUT2D eigenvalue weighted by Gasteiger charge is 2.31. The van der Waals surface area contributed by atoms with Crippen molar-refractivity contribution in [2.45, 2.75) is 39.0 Å². The molecule has 1 heterocycles. The van der Waals surface area contributed by atoms with Crippen molar-refractivity contribution in [3.63, 3.8) is 0 Å².